The molecule has 0 spiro atoms. The minimum Gasteiger partial charge on any atom is -0.349 e. The lowest BCUT2D eigenvalue weighted by Crippen LogP contribution is -2.40. The number of nitrogens with one attached hydrogen (secondary N) is 2. The van der Waals surface area contributed by atoms with E-state index in [2.05, 4.69) is 10.6 Å². The molecule has 1 aliphatic carbocycles. The average molecular weight is 406 g/mol. The Labute approximate surface area is 170 Å². The van der Waals surface area contributed by atoms with Gasteiger partial charge in [0, 0.05) is 6.04 Å². The first-order valence-corrected chi connectivity index (χ1v) is 9.17. The van der Waals surface area contributed by atoms with Gasteiger partial charge < -0.3 is 16.4 Å². The van der Waals surface area contributed by atoms with Gasteiger partial charge in [-0.2, -0.15) is 0 Å². The lowest BCUT2D eigenvalue weighted by molar-refractivity contribution is 0.0929. The summed E-state index contributed by atoms with van der Waals surface area (Å²) in [6, 6.07) is 11.0. The molecule has 150 valence electrons. The van der Waals surface area contributed by atoms with Crippen LogP contribution in [0.15, 0.2) is 42.5 Å². The van der Waals surface area contributed by atoms with E-state index in [4.69, 9.17) is 5.73 Å². The third kappa shape index (κ3) is 4.69. The van der Waals surface area contributed by atoms with Gasteiger partial charge in [0.25, 0.3) is 11.8 Å². The monoisotopic (exact) mass is 405 g/mol. The first-order chi connectivity index (χ1) is 13.0. The molecule has 1 saturated carbocycles. The van der Waals surface area contributed by atoms with E-state index in [-0.39, 0.29) is 35.8 Å². The highest BCUT2D eigenvalue weighted by atomic mass is 35.5. The molecule has 0 saturated heterocycles. The number of rotatable bonds is 5. The SMILES string of the molecule is Cc1cccc(C(=O)NC2CCCC2CN)c1NC(=O)c1ccccc1F.Cl. The van der Waals surface area contributed by atoms with E-state index in [0.29, 0.717) is 17.8 Å². The number of hydrogen-bond acceptors (Lipinski definition) is 3. The van der Waals surface area contributed by atoms with Gasteiger partial charge in [-0.15, -0.1) is 12.4 Å². The number of amides is 2. The van der Waals surface area contributed by atoms with E-state index in [1.54, 1.807) is 31.2 Å². The van der Waals surface area contributed by atoms with Crippen LogP contribution in [0, 0.1) is 18.7 Å². The number of carbonyl (C=O) groups excluding carboxylic acids is 2. The molecule has 2 aromatic rings. The van der Waals surface area contributed by atoms with Gasteiger partial charge in [0.2, 0.25) is 0 Å². The van der Waals surface area contributed by atoms with Crippen molar-refractivity contribution in [3.63, 3.8) is 0 Å². The fourth-order valence-electron chi connectivity index (χ4n) is 3.60. The highest BCUT2D eigenvalue weighted by Gasteiger charge is 2.28. The Kier molecular flexibility index (Phi) is 7.54. The number of para-hydroxylation sites is 1. The van der Waals surface area contributed by atoms with Crippen LogP contribution in [0.2, 0.25) is 0 Å². The number of anilines is 1. The predicted octanol–water partition coefficient (Wildman–Crippen LogP) is 3.67. The molecule has 0 aromatic heterocycles. The van der Waals surface area contributed by atoms with Gasteiger partial charge >= 0.3 is 0 Å². The Bertz CT molecular complexity index is 859. The molecule has 2 atom stereocenters. The summed E-state index contributed by atoms with van der Waals surface area (Å²) >= 11 is 0. The number of carbonyl (C=O) groups is 2. The molecule has 4 N–H and O–H groups in total. The highest BCUT2D eigenvalue weighted by molar-refractivity contribution is 6.09. The maximum atomic E-state index is 13.9. The Balaban J connectivity index is 0.00000280. The highest BCUT2D eigenvalue weighted by Crippen LogP contribution is 2.27. The summed E-state index contributed by atoms with van der Waals surface area (Å²) in [7, 11) is 0. The van der Waals surface area contributed by atoms with Crippen molar-refractivity contribution < 1.29 is 14.0 Å². The number of hydrogen-bond donors (Lipinski definition) is 3. The van der Waals surface area contributed by atoms with Crippen LogP contribution < -0.4 is 16.4 Å². The van der Waals surface area contributed by atoms with Gasteiger partial charge in [-0.25, -0.2) is 4.39 Å². The van der Waals surface area contributed by atoms with Crippen molar-refractivity contribution >= 4 is 29.9 Å². The Morgan fingerprint density at radius 1 is 1.07 bits per heavy atom. The van der Waals surface area contributed by atoms with E-state index in [1.807, 2.05) is 0 Å². The van der Waals surface area contributed by atoms with E-state index in [1.165, 1.54) is 18.2 Å². The molecule has 2 amide bonds. The van der Waals surface area contributed by atoms with Crippen LogP contribution in [-0.2, 0) is 0 Å². The second-order valence-electron chi connectivity index (χ2n) is 6.94. The van der Waals surface area contributed by atoms with Gasteiger partial charge in [-0.1, -0.05) is 30.7 Å². The molecule has 0 radical (unpaired) electrons. The molecular weight excluding hydrogens is 381 g/mol. The van der Waals surface area contributed by atoms with Crippen LogP contribution in [0.1, 0.15) is 45.5 Å². The summed E-state index contributed by atoms with van der Waals surface area (Å²) in [5.41, 5.74) is 7.22. The van der Waals surface area contributed by atoms with Gasteiger partial charge in [-0.05, 0) is 56.0 Å². The van der Waals surface area contributed by atoms with Gasteiger partial charge in [0.05, 0.1) is 16.8 Å². The molecule has 0 aliphatic heterocycles. The zero-order valence-electron chi connectivity index (χ0n) is 15.7. The summed E-state index contributed by atoms with van der Waals surface area (Å²) in [5.74, 6) is -1.17. The van der Waals surface area contributed by atoms with Crippen LogP contribution in [0.25, 0.3) is 0 Å². The Hall–Kier alpha value is -2.44. The summed E-state index contributed by atoms with van der Waals surface area (Å²) in [6.45, 7) is 2.33. The second kappa shape index (κ2) is 9.66. The van der Waals surface area contributed by atoms with Crippen LogP contribution in [0.4, 0.5) is 10.1 Å². The molecule has 7 heteroatoms. The van der Waals surface area contributed by atoms with Crippen molar-refractivity contribution in [1.29, 1.82) is 0 Å². The molecule has 0 heterocycles. The standard InChI is InChI=1S/C21H24FN3O2.ClH/c1-13-6-4-9-16(21(27)24-18-11-5-7-14(18)12-23)19(13)25-20(26)15-8-2-3-10-17(15)22;/h2-4,6,8-10,14,18H,5,7,11-12,23H2,1H3,(H,24,27)(H,25,26);1H. The minimum absolute atomic E-state index is 0. The Morgan fingerprint density at radius 3 is 2.50 bits per heavy atom. The van der Waals surface area contributed by atoms with Crippen molar-refractivity contribution in [2.75, 3.05) is 11.9 Å². The normalized spacial score (nSPS) is 18.2. The third-order valence-electron chi connectivity index (χ3n) is 5.15. The molecule has 28 heavy (non-hydrogen) atoms. The third-order valence-corrected chi connectivity index (χ3v) is 5.15. The fraction of sp³-hybridized carbons (Fsp3) is 0.333. The molecule has 3 rings (SSSR count). The lowest BCUT2D eigenvalue weighted by atomic mass is 10.0. The average Bonchev–Trinajstić information content (AvgIpc) is 3.10. The zero-order valence-corrected chi connectivity index (χ0v) is 16.5. The molecule has 0 bridgehead atoms. The van der Waals surface area contributed by atoms with Crippen LogP contribution in [0.5, 0.6) is 0 Å². The van der Waals surface area contributed by atoms with Crippen LogP contribution in [-0.4, -0.2) is 24.4 Å². The quantitative estimate of drug-likeness (QED) is 0.709. The van der Waals surface area contributed by atoms with Crippen molar-refractivity contribution in [2.24, 2.45) is 11.7 Å². The van der Waals surface area contributed by atoms with Gasteiger partial charge in [0.1, 0.15) is 5.82 Å². The molecular formula is C21H25ClFN3O2. The zero-order chi connectivity index (χ0) is 19.4. The summed E-state index contributed by atoms with van der Waals surface area (Å²) in [5, 5.41) is 5.75. The van der Waals surface area contributed by atoms with E-state index in [9.17, 15) is 14.0 Å². The number of aryl methyl sites for hydroxylation is 1. The van der Waals surface area contributed by atoms with E-state index >= 15 is 0 Å². The minimum atomic E-state index is -0.605. The molecule has 2 unspecified atom stereocenters. The smallest absolute Gasteiger partial charge is 0.258 e. The number of nitrogens with two attached hydrogens (primary N) is 1. The lowest BCUT2D eigenvalue weighted by Gasteiger charge is -2.21. The first kappa shape index (κ1) is 21.9. The van der Waals surface area contributed by atoms with Gasteiger partial charge in [0.15, 0.2) is 0 Å². The largest absolute Gasteiger partial charge is 0.349 e. The van der Waals surface area contributed by atoms with Crippen LogP contribution >= 0.6 is 12.4 Å². The van der Waals surface area contributed by atoms with Crippen molar-refractivity contribution in [3.8, 4) is 0 Å². The van der Waals surface area contributed by atoms with Crippen molar-refractivity contribution in [2.45, 2.75) is 32.2 Å². The predicted molar refractivity (Wildman–Crippen MR) is 110 cm³/mol. The topological polar surface area (TPSA) is 84.2 Å². The number of benzene rings is 2. The van der Waals surface area contributed by atoms with Gasteiger partial charge in [-0.3, -0.25) is 9.59 Å². The van der Waals surface area contributed by atoms with E-state index in [0.717, 1.165) is 24.8 Å². The van der Waals surface area contributed by atoms with Crippen molar-refractivity contribution in [1.82, 2.24) is 5.32 Å². The van der Waals surface area contributed by atoms with Crippen molar-refractivity contribution in [3.05, 3.63) is 65.0 Å². The summed E-state index contributed by atoms with van der Waals surface area (Å²) in [6.07, 6.45) is 2.94. The number of halogens is 2. The maximum absolute atomic E-state index is 13.9. The Morgan fingerprint density at radius 2 is 1.79 bits per heavy atom. The van der Waals surface area contributed by atoms with Crippen LogP contribution in [0.3, 0.4) is 0 Å². The molecule has 2 aromatic carbocycles. The molecule has 5 nitrogen and oxygen atoms in total. The maximum Gasteiger partial charge on any atom is 0.258 e. The molecule has 1 fully saturated rings. The van der Waals surface area contributed by atoms with E-state index < -0.39 is 11.7 Å². The second-order valence-corrected chi connectivity index (χ2v) is 6.94. The fourth-order valence-corrected chi connectivity index (χ4v) is 3.60. The first-order valence-electron chi connectivity index (χ1n) is 9.17. The molecule has 1 aliphatic rings. The summed E-state index contributed by atoms with van der Waals surface area (Å²) < 4.78 is 13.9. The summed E-state index contributed by atoms with van der Waals surface area (Å²) in [4.78, 5) is 25.3.